The number of nitrogens with one attached hydrogen (secondary N) is 1. The molecule has 2 nitrogen and oxygen atoms in total. The molecule has 12 heavy (non-hydrogen) atoms. The van der Waals surface area contributed by atoms with Gasteiger partial charge in [0.2, 0.25) is 0 Å². The molecule has 0 amide bonds. The zero-order valence-electron chi connectivity index (χ0n) is 7.96. The lowest BCUT2D eigenvalue weighted by Gasteiger charge is -1.86. The highest BCUT2D eigenvalue weighted by Crippen LogP contribution is 2.01. The Kier molecular flexibility index (Phi) is 5.70. The smallest absolute Gasteiger partial charge is 0.0580 e. The number of nitrogens with zero attached hydrogens (tertiary/aromatic N) is 1. The van der Waals surface area contributed by atoms with Crippen LogP contribution in [0.3, 0.4) is 0 Å². The molecular weight excluding hydrogens is 148 g/mol. The SMILES string of the molecule is C=C/C(C)=C\c1ccn[nH]1.CC. The van der Waals surface area contributed by atoms with Gasteiger partial charge in [-0.05, 0) is 24.6 Å². The molecule has 0 unspecified atom stereocenters. The normalized spacial score (nSPS) is 10.1. The average Bonchev–Trinajstić information content (AvgIpc) is 2.60. The number of hydrogen-bond donors (Lipinski definition) is 1. The highest BCUT2D eigenvalue weighted by atomic mass is 15.1. The maximum Gasteiger partial charge on any atom is 0.0580 e. The highest BCUT2D eigenvalue weighted by Gasteiger charge is 1.85. The average molecular weight is 164 g/mol. The Bertz CT molecular complexity index is 232. The summed E-state index contributed by atoms with van der Waals surface area (Å²) in [7, 11) is 0. The summed E-state index contributed by atoms with van der Waals surface area (Å²) in [5.74, 6) is 0. The molecule has 1 heterocycles. The van der Waals surface area contributed by atoms with Gasteiger partial charge in [0.25, 0.3) is 0 Å². The molecule has 0 fully saturated rings. The molecule has 0 saturated heterocycles. The Balaban J connectivity index is 0.000000561. The van der Waals surface area contributed by atoms with Crippen LogP contribution >= 0.6 is 0 Å². The van der Waals surface area contributed by atoms with Gasteiger partial charge in [0.05, 0.1) is 5.69 Å². The molecule has 1 aromatic heterocycles. The maximum absolute atomic E-state index is 3.81. The molecule has 0 spiro atoms. The third-order valence-corrected chi connectivity index (χ3v) is 1.23. The fourth-order valence-corrected chi connectivity index (χ4v) is 0.651. The van der Waals surface area contributed by atoms with Gasteiger partial charge >= 0.3 is 0 Å². The Morgan fingerprint density at radius 3 is 2.67 bits per heavy atom. The topological polar surface area (TPSA) is 28.7 Å². The summed E-state index contributed by atoms with van der Waals surface area (Å²) in [6.07, 6.45) is 5.52. The zero-order valence-corrected chi connectivity index (χ0v) is 7.96. The summed E-state index contributed by atoms with van der Waals surface area (Å²) >= 11 is 0. The first-order valence-electron chi connectivity index (χ1n) is 4.13. The number of H-pyrrole nitrogens is 1. The third-order valence-electron chi connectivity index (χ3n) is 1.23. The minimum absolute atomic E-state index is 1.01. The van der Waals surface area contributed by atoms with E-state index in [9.17, 15) is 0 Å². The molecule has 0 aliphatic carbocycles. The largest absolute Gasteiger partial charge is 0.278 e. The lowest BCUT2D eigenvalue weighted by Crippen LogP contribution is -1.72. The number of aromatic amines is 1. The van der Waals surface area contributed by atoms with Crippen LogP contribution in [0, 0.1) is 0 Å². The number of hydrogen-bond acceptors (Lipinski definition) is 1. The van der Waals surface area contributed by atoms with Crippen LogP contribution in [0.1, 0.15) is 26.5 Å². The standard InChI is InChI=1S/C8H10N2.C2H6/c1-3-7(2)6-8-4-5-9-10-8;1-2/h3-6H,1H2,2H3,(H,9,10);1-2H3/b7-6-;. The molecule has 66 valence electrons. The van der Waals surface area contributed by atoms with Gasteiger partial charge in [0.15, 0.2) is 0 Å². The van der Waals surface area contributed by atoms with Crippen LogP contribution < -0.4 is 0 Å². The number of aromatic nitrogens is 2. The van der Waals surface area contributed by atoms with Gasteiger partial charge in [-0.1, -0.05) is 26.5 Å². The van der Waals surface area contributed by atoms with Crippen LogP contribution in [0.4, 0.5) is 0 Å². The highest BCUT2D eigenvalue weighted by molar-refractivity contribution is 5.50. The molecule has 0 bridgehead atoms. The quantitative estimate of drug-likeness (QED) is 0.669. The van der Waals surface area contributed by atoms with E-state index >= 15 is 0 Å². The molecule has 0 aliphatic rings. The minimum Gasteiger partial charge on any atom is -0.278 e. The predicted octanol–water partition coefficient (Wildman–Crippen LogP) is 3.03. The van der Waals surface area contributed by atoms with Crippen molar-refractivity contribution in [3.63, 3.8) is 0 Å². The van der Waals surface area contributed by atoms with Gasteiger partial charge in [-0.15, -0.1) is 0 Å². The van der Waals surface area contributed by atoms with Crippen LogP contribution in [0.2, 0.25) is 0 Å². The summed E-state index contributed by atoms with van der Waals surface area (Å²) < 4.78 is 0. The van der Waals surface area contributed by atoms with E-state index in [4.69, 9.17) is 0 Å². The predicted molar refractivity (Wildman–Crippen MR) is 53.8 cm³/mol. The molecule has 0 saturated carbocycles. The van der Waals surface area contributed by atoms with Crippen molar-refractivity contribution >= 4 is 6.08 Å². The van der Waals surface area contributed by atoms with Crippen LogP contribution in [0.25, 0.3) is 6.08 Å². The number of allylic oxidation sites excluding steroid dienone is 2. The first-order chi connectivity index (χ1) is 5.83. The fraction of sp³-hybridized carbons (Fsp3) is 0.300. The van der Waals surface area contributed by atoms with Crippen molar-refractivity contribution in [1.29, 1.82) is 0 Å². The van der Waals surface area contributed by atoms with Crippen molar-refractivity contribution < 1.29 is 0 Å². The monoisotopic (exact) mass is 164 g/mol. The van der Waals surface area contributed by atoms with E-state index in [0.717, 1.165) is 11.3 Å². The van der Waals surface area contributed by atoms with Gasteiger partial charge in [0.1, 0.15) is 0 Å². The van der Waals surface area contributed by atoms with Crippen molar-refractivity contribution in [3.05, 3.63) is 36.2 Å². The summed E-state index contributed by atoms with van der Waals surface area (Å²) in [5, 5.41) is 6.63. The van der Waals surface area contributed by atoms with Gasteiger partial charge in [-0.3, -0.25) is 5.10 Å². The molecular formula is C10H16N2. The Morgan fingerprint density at radius 1 is 1.58 bits per heavy atom. The third kappa shape index (κ3) is 3.76. The second-order valence-corrected chi connectivity index (χ2v) is 2.10. The van der Waals surface area contributed by atoms with Gasteiger partial charge in [-0.25, -0.2) is 0 Å². The fourth-order valence-electron chi connectivity index (χ4n) is 0.651. The van der Waals surface area contributed by atoms with Crippen molar-refractivity contribution in [2.45, 2.75) is 20.8 Å². The van der Waals surface area contributed by atoms with Crippen LogP contribution in [-0.4, -0.2) is 10.2 Å². The van der Waals surface area contributed by atoms with E-state index in [2.05, 4.69) is 16.8 Å². The van der Waals surface area contributed by atoms with Crippen molar-refractivity contribution in [2.24, 2.45) is 0 Å². The summed E-state index contributed by atoms with van der Waals surface area (Å²) in [6.45, 7) is 9.63. The second-order valence-electron chi connectivity index (χ2n) is 2.10. The molecule has 0 radical (unpaired) electrons. The molecule has 0 atom stereocenters. The van der Waals surface area contributed by atoms with E-state index < -0.39 is 0 Å². The van der Waals surface area contributed by atoms with Crippen molar-refractivity contribution in [3.8, 4) is 0 Å². The van der Waals surface area contributed by atoms with Crippen LogP contribution in [0.5, 0.6) is 0 Å². The molecule has 1 rings (SSSR count). The Hall–Kier alpha value is -1.31. The van der Waals surface area contributed by atoms with E-state index in [-0.39, 0.29) is 0 Å². The van der Waals surface area contributed by atoms with E-state index in [0.29, 0.717) is 0 Å². The molecule has 0 aliphatic heterocycles. The van der Waals surface area contributed by atoms with Gasteiger partial charge in [0, 0.05) is 6.20 Å². The first-order valence-corrected chi connectivity index (χ1v) is 4.13. The van der Waals surface area contributed by atoms with Gasteiger partial charge < -0.3 is 0 Å². The van der Waals surface area contributed by atoms with Crippen LogP contribution in [-0.2, 0) is 0 Å². The molecule has 2 heteroatoms. The lowest BCUT2D eigenvalue weighted by molar-refractivity contribution is 1.08. The number of rotatable bonds is 2. The first kappa shape index (κ1) is 10.7. The van der Waals surface area contributed by atoms with E-state index in [1.54, 1.807) is 12.3 Å². The Labute approximate surface area is 74.0 Å². The zero-order chi connectivity index (χ0) is 9.40. The minimum atomic E-state index is 1.01. The molecule has 1 aromatic rings. The summed E-state index contributed by atoms with van der Waals surface area (Å²) in [5.41, 5.74) is 2.14. The second kappa shape index (κ2) is 6.40. The maximum atomic E-state index is 3.81. The summed E-state index contributed by atoms with van der Waals surface area (Å²) in [4.78, 5) is 0. The van der Waals surface area contributed by atoms with E-state index in [1.807, 2.05) is 32.9 Å². The Morgan fingerprint density at radius 2 is 2.25 bits per heavy atom. The van der Waals surface area contributed by atoms with Gasteiger partial charge in [-0.2, -0.15) is 5.10 Å². The van der Waals surface area contributed by atoms with Crippen LogP contribution in [0.15, 0.2) is 30.5 Å². The van der Waals surface area contributed by atoms with Crippen molar-refractivity contribution in [2.75, 3.05) is 0 Å². The summed E-state index contributed by atoms with van der Waals surface area (Å²) in [6, 6.07) is 1.91. The van der Waals surface area contributed by atoms with E-state index in [1.165, 1.54) is 0 Å². The van der Waals surface area contributed by atoms with Crippen molar-refractivity contribution in [1.82, 2.24) is 10.2 Å². The lowest BCUT2D eigenvalue weighted by atomic mass is 10.2. The molecule has 0 aromatic carbocycles. The molecule has 1 N–H and O–H groups in total.